The topological polar surface area (TPSA) is 90.9 Å². The summed E-state index contributed by atoms with van der Waals surface area (Å²) in [4.78, 5) is 11.1. The smallest absolute Gasteiger partial charge is 0.495 e. The lowest BCUT2D eigenvalue weighted by Gasteiger charge is -2.14. The summed E-state index contributed by atoms with van der Waals surface area (Å²) in [7, 11) is -2.95. The number of benzene rings is 2. The van der Waals surface area contributed by atoms with Gasteiger partial charge in [0.25, 0.3) is 15.7 Å². The first kappa shape index (κ1) is 21.4. The van der Waals surface area contributed by atoms with Crippen molar-refractivity contribution < 1.29 is 40.6 Å². The van der Waals surface area contributed by atoms with E-state index in [9.17, 15) is 26.4 Å². The van der Waals surface area contributed by atoms with E-state index in [-0.39, 0.29) is 17.2 Å². The van der Waals surface area contributed by atoms with Crippen LogP contribution in [0, 0.1) is 0 Å². The summed E-state index contributed by atoms with van der Waals surface area (Å²) in [6, 6.07) is 8.94. The molecule has 0 spiro atoms. The summed E-state index contributed by atoms with van der Waals surface area (Å²) in [5.74, 6) is -0.107. The van der Waals surface area contributed by atoms with Crippen molar-refractivity contribution in [1.29, 1.82) is 0 Å². The van der Waals surface area contributed by atoms with Crippen LogP contribution < -0.4 is 19.5 Å². The standard InChI is InChI=1S/C17H16F3NO6S/c1-25-13-8-7-11(28(23,24)17(18,19)20)9-12(13)21-16(22)10-27-15-6-4-3-5-14(15)26-2/h3-9H,10H2,1-2H3,(H,21,22). The highest BCUT2D eigenvalue weighted by Crippen LogP contribution is 2.34. The van der Waals surface area contributed by atoms with Crippen molar-refractivity contribution >= 4 is 21.4 Å². The molecule has 0 radical (unpaired) electrons. The van der Waals surface area contributed by atoms with Crippen LogP contribution in [0.3, 0.4) is 0 Å². The predicted molar refractivity (Wildman–Crippen MR) is 93.4 cm³/mol. The van der Waals surface area contributed by atoms with Gasteiger partial charge in [-0.25, -0.2) is 8.42 Å². The van der Waals surface area contributed by atoms with E-state index in [4.69, 9.17) is 14.2 Å². The van der Waals surface area contributed by atoms with E-state index in [1.165, 1.54) is 14.2 Å². The normalized spacial score (nSPS) is 11.6. The molecule has 0 aromatic heterocycles. The second-order valence-electron chi connectivity index (χ2n) is 5.30. The molecule has 2 aromatic carbocycles. The Kier molecular flexibility index (Phi) is 6.39. The number of anilines is 1. The minimum Gasteiger partial charge on any atom is -0.495 e. The number of rotatable bonds is 7. The van der Waals surface area contributed by atoms with Gasteiger partial charge in [-0.3, -0.25) is 4.79 Å². The highest BCUT2D eigenvalue weighted by molar-refractivity contribution is 7.92. The highest BCUT2D eigenvalue weighted by Gasteiger charge is 2.47. The van der Waals surface area contributed by atoms with Crippen molar-refractivity contribution in [3.05, 3.63) is 42.5 Å². The van der Waals surface area contributed by atoms with E-state index >= 15 is 0 Å². The first-order valence-electron chi connectivity index (χ1n) is 7.65. The molecule has 0 unspecified atom stereocenters. The van der Waals surface area contributed by atoms with E-state index < -0.39 is 32.8 Å². The summed E-state index contributed by atoms with van der Waals surface area (Å²) < 4.78 is 76.6. The average molecular weight is 419 g/mol. The minimum atomic E-state index is -5.58. The number of halogens is 3. The van der Waals surface area contributed by atoms with Gasteiger partial charge in [0, 0.05) is 0 Å². The number of amides is 1. The van der Waals surface area contributed by atoms with Crippen molar-refractivity contribution in [3.63, 3.8) is 0 Å². The Morgan fingerprint density at radius 3 is 2.18 bits per heavy atom. The number of para-hydroxylation sites is 2. The Morgan fingerprint density at radius 1 is 1.00 bits per heavy atom. The lowest BCUT2D eigenvalue weighted by molar-refractivity contribution is -0.118. The molecule has 1 amide bonds. The highest BCUT2D eigenvalue weighted by atomic mass is 32.2. The molecule has 0 aliphatic heterocycles. The summed E-state index contributed by atoms with van der Waals surface area (Å²) in [6.45, 7) is -0.500. The molecule has 2 aromatic rings. The number of carbonyl (C=O) groups is 1. The molecule has 0 bridgehead atoms. The van der Waals surface area contributed by atoms with Gasteiger partial charge in [-0.2, -0.15) is 13.2 Å². The summed E-state index contributed by atoms with van der Waals surface area (Å²) in [5, 5.41) is 2.27. The van der Waals surface area contributed by atoms with Gasteiger partial charge in [0.15, 0.2) is 18.1 Å². The molecule has 0 fully saturated rings. The first-order valence-corrected chi connectivity index (χ1v) is 9.13. The maximum absolute atomic E-state index is 12.7. The van der Waals surface area contributed by atoms with Gasteiger partial charge < -0.3 is 19.5 Å². The van der Waals surface area contributed by atoms with Crippen LogP contribution >= 0.6 is 0 Å². The number of sulfone groups is 1. The molecule has 7 nitrogen and oxygen atoms in total. The lowest BCUT2D eigenvalue weighted by atomic mass is 10.3. The molecule has 0 aliphatic rings. The van der Waals surface area contributed by atoms with Gasteiger partial charge in [0.1, 0.15) is 5.75 Å². The molecule has 0 saturated carbocycles. The summed E-state index contributed by atoms with van der Waals surface area (Å²) >= 11 is 0. The maximum atomic E-state index is 12.7. The van der Waals surface area contributed by atoms with Gasteiger partial charge in [-0.15, -0.1) is 0 Å². The zero-order chi connectivity index (χ0) is 20.9. The second kappa shape index (κ2) is 8.38. The number of ether oxygens (including phenoxy) is 3. The molecule has 11 heteroatoms. The molecule has 28 heavy (non-hydrogen) atoms. The Balaban J connectivity index is 2.20. The molecule has 2 rings (SSSR count). The molecule has 152 valence electrons. The van der Waals surface area contributed by atoms with Gasteiger partial charge in [0.05, 0.1) is 24.8 Å². The monoisotopic (exact) mass is 419 g/mol. The Labute approximate surface area is 158 Å². The zero-order valence-electron chi connectivity index (χ0n) is 14.7. The van der Waals surface area contributed by atoms with Gasteiger partial charge in [-0.1, -0.05) is 12.1 Å². The van der Waals surface area contributed by atoms with Gasteiger partial charge >= 0.3 is 5.51 Å². The quantitative estimate of drug-likeness (QED) is 0.742. The van der Waals surface area contributed by atoms with Crippen molar-refractivity contribution in [3.8, 4) is 17.2 Å². The van der Waals surface area contributed by atoms with E-state index in [1.807, 2.05) is 0 Å². The van der Waals surface area contributed by atoms with E-state index in [2.05, 4.69) is 5.32 Å². The number of hydrogen-bond acceptors (Lipinski definition) is 6. The zero-order valence-corrected chi connectivity index (χ0v) is 15.6. The van der Waals surface area contributed by atoms with Gasteiger partial charge in [0.2, 0.25) is 0 Å². The molecule has 0 aliphatic carbocycles. The molecular formula is C17H16F3NO6S. The lowest BCUT2D eigenvalue weighted by Crippen LogP contribution is -2.24. The van der Waals surface area contributed by atoms with E-state index in [0.29, 0.717) is 11.8 Å². The molecule has 0 heterocycles. The number of carbonyl (C=O) groups excluding carboxylic acids is 1. The number of hydrogen-bond donors (Lipinski definition) is 1. The van der Waals surface area contributed by atoms with Crippen LogP contribution in [-0.2, 0) is 14.6 Å². The fraction of sp³-hybridized carbons (Fsp3) is 0.235. The summed E-state index contributed by atoms with van der Waals surface area (Å²) in [5.41, 5.74) is -5.73. The predicted octanol–water partition coefficient (Wildman–Crippen LogP) is 3.01. The maximum Gasteiger partial charge on any atom is 0.501 e. The Hall–Kier alpha value is -2.95. The Morgan fingerprint density at radius 2 is 1.61 bits per heavy atom. The fourth-order valence-corrected chi connectivity index (χ4v) is 2.94. The van der Waals surface area contributed by atoms with Crippen LogP contribution in [0.1, 0.15) is 0 Å². The minimum absolute atomic E-state index is 0.0215. The summed E-state index contributed by atoms with van der Waals surface area (Å²) in [6.07, 6.45) is 0. The van der Waals surface area contributed by atoms with E-state index in [1.54, 1.807) is 24.3 Å². The van der Waals surface area contributed by atoms with Crippen LogP contribution in [-0.4, -0.2) is 40.7 Å². The van der Waals surface area contributed by atoms with E-state index in [0.717, 1.165) is 12.1 Å². The molecular weight excluding hydrogens is 403 g/mol. The first-order chi connectivity index (χ1) is 13.1. The SMILES string of the molecule is COc1ccc(S(=O)(=O)C(F)(F)F)cc1NC(=O)COc1ccccc1OC. The molecule has 1 N–H and O–H groups in total. The van der Waals surface area contributed by atoms with Crippen molar-refractivity contribution in [2.45, 2.75) is 10.4 Å². The molecule has 0 saturated heterocycles. The Bertz CT molecular complexity index is 960. The third kappa shape index (κ3) is 4.66. The third-order valence-corrected chi connectivity index (χ3v) is 4.97. The van der Waals surface area contributed by atoms with Crippen molar-refractivity contribution in [2.75, 3.05) is 26.1 Å². The van der Waals surface area contributed by atoms with Crippen LogP contribution in [0.2, 0.25) is 0 Å². The average Bonchev–Trinajstić information content (AvgIpc) is 2.65. The van der Waals surface area contributed by atoms with Crippen LogP contribution in [0.4, 0.5) is 18.9 Å². The fourth-order valence-electron chi connectivity index (χ4n) is 2.15. The second-order valence-corrected chi connectivity index (χ2v) is 7.24. The number of alkyl halides is 3. The van der Waals surface area contributed by atoms with Crippen molar-refractivity contribution in [2.24, 2.45) is 0 Å². The number of methoxy groups -OCH3 is 2. The van der Waals surface area contributed by atoms with Crippen LogP contribution in [0.25, 0.3) is 0 Å². The van der Waals surface area contributed by atoms with Crippen LogP contribution in [0.5, 0.6) is 17.2 Å². The van der Waals surface area contributed by atoms with Crippen molar-refractivity contribution in [1.82, 2.24) is 0 Å². The largest absolute Gasteiger partial charge is 0.501 e. The van der Waals surface area contributed by atoms with Gasteiger partial charge in [-0.05, 0) is 30.3 Å². The third-order valence-electron chi connectivity index (χ3n) is 3.49. The number of nitrogens with one attached hydrogen (secondary N) is 1. The van der Waals surface area contributed by atoms with Crippen LogP contribution in [0.15, 0.2) is 47.4 Å². The molecule has 0 atom stereocenters.